The molecule has 3 atom stereocenters. The van der Waals surface area contributed by atoms with Crippen LogP contribution in [0.4, 0.5) is 13.2 Å². The Balaban J connectivity index is 1.73. The summed E-state index contributed by atoms with van der Waals surface area (Å²) in [6, 6.07) is 4.37. The van der Waals surface area contributed by atoms with Gasteiger partial charge in [0.25, 0.3) is 0 Å². The van der Waals surface area contributed by atoms with E-state index in [2.05, 4.69) is 0 Å². The maximum absolute atomic E-state index is 12.7. The quantitative estimate of drug-likeness (QED) is 0.840. The lowest BCUT2D eigenvalue weighted by atomic mass is 10.0. The van der Waals surface area contributed by atoms with Crippen molar-refractivity contribution < 1.29 is 26.3 Å². The molecule has 4 nitrogen and oxygen atoms in total. The van der Waals surface area contributed by atoms with Gasteiger partial charge in [0.1, 0.15) is 12.4 Å². The third-order valence-electron chi connectivity index (χ3n) is 4.64. The molecule has 2 fully saturated rings. The molecule has 2 aliphatic rings. The molecule has 1 aromatic rings. The van der Waals surface area contributed by atoms with Crippen LogP contribution in [0.25, 0.3) is 0 Å². The summed E-state index contributed by atoms with van der Waals surface area (Å²) in [5, 5.41) is 0. The average molecular weight is 349 g/mol. The van der Waals surface area contributed by atoms with E-state index in [1.165, 1.54) is 22.7 Å². The van der Waals surface area contributed by atoms with Crippen LogP contribution in [-0.4, -0.2) is 37.7 Å². The fourth-order valence-electron chi connectivity index (χ4n) is 3.72. The summed E-state index contributed by atoms with van der Waals surface area (Å²) >= 11 is 0. The van der Waals surface area contributed by atoms with Crippen molar-refractivity contribution in [1.29, 1.82) is 0 Å². The largest absolute Gasteiger partial charge is 0.492 e. The number of rotatable bonds is 4. The Morgan fingerprint density at radius 2 is 2.04 bits per heavy atom. The number of nitrogens with zero attached hydrogens (tertiary/aromatic N) is 1. The molecular formula is C15H18F3NO3S. The molecule has 1 aromatic carbocycles. The third-order valence-corrected chi connectivity index (χ3v) is 5.98. The molecule has 1 aliphatic carbocycles. The van der Waals surface area contributed by atoms with Gasteiger partial charge in [0, 0.05) is 6.04 Å². The molecule has 1 saturated heterocycles. The Labute approximate surface area is 133 Å². The van der Waals surface area contributed by atoms with Gasteiger partial charge < -0.3 is 4.74 Å². The van der Waals surface area contributed by atoms with Crippen molar-refractivity contribution in [3.8, 4) is 5.75 Å². The summed E-state index contributed by atoms with van der Waals surface area (Å²) in [6.45, 7) is 0.0789. The van der Waals surface area contributed by atoms with Crippen molar-refractivity contribution in [1.82, 2.24) is 4.31 Å². The van der Waals surface area contributed by atoms with Crippen molar-refractivity contribution >= 4 is 10.0 Å². The summed E-state index contributed by atoms with van der Waals surface area (Å²) in [5.74, 6) is 0.330. The molecule has 1 heterocycles. The van der Waals surface area contributed by atoms with Gasteiger partial charge in [-0.1, -0.05) is 6.07 Å². The lowest BCUT2D eigenvalue weighted by Crippen LogP contribution is -2.47. The van der Waals surface area contributed by atoms with Crippen molar-refractivity contribution in [2.75, 3.05) is 12.9 Å². The number of hydrogen-bond acceptors (Lipinski definition) is 3. The monoisotopic (exact) mass is 349 g/mol. The first-order valence-corrected chi connectivity index (χ1v) is 9.29. The van der Waals surface area contributed by atoms with Crippen LogP contribution >= 0.6 is 0 Å². The van der Waals surface area contributed by atoms with E-state index in [1.807, 2.05) is 0 Å². The molecular weight excluding hydrogens is 331 g/mol. The first-order chi connectivity index (χ1) is 10.7. The molecule has 128 valence electrons. The van der Waals surface area contributed by atoms with Crippen LogP contribution in [0.5, 0.6) is 5.75 Å². The molecule has 0 spiro atoms. The van der Waals surface area contributed by atoms with Crippen LogP contribution in [0.3, 0.4) is 0 Å². The molecule has 0 N–H and O–H groups in total. The number of benzene rings is 1. The van der Waals surface area contributed by atoms with Crippen LogP contribution in [0.1, 0.15) is 24.8 Å². The van der Waals surface area contributed by atoms with Crippen molar-refractivity contribution in [2.24, 2.45) is 5.92 Å². The fourth-order valence-corrected chi connectivity index (χ4v) is 5.18. The highest BCUT2D eigenvalue weighted by Crippen LogP contribution is 2.44. The molecule has 1 saturated carbocycles. The number of alkyl halides is 3. The Morgan fingerprint density at radius 1 is 1.30 bits per heavy atom. The number of hydrogen-bond donors (Lipinski definition) is 0. The molecule has 2 unspecified atom stereocenters. The predicted molar refractivity (Wildman–Crippen MR) is 78.5 cm³/mol. The maximum Gasteiger partial charge on any atom is 0.416 e. The van der Waals surface area contributed by atoms with Crippen LogP contribution in [-0.2, 0) is 16.2 Å². The standard InChI is InChI=1S/C15H18F3NO3S/c1-23(20,21)19-12-6-5-10(7-12)14(19)9-22-13-4-2-3-11(8-13)15(16,17)18/h2-4,8,10,12,14H,5-7,9H2,1H3/t10?,12?,14-/m0/s1. The van der Waals surface area contributed by atoms with Gasteiger partial charge in [-0.15, -0.1) is 0 Å². The van der Waals surface area contributed by atoms with Crippen molar-refractivity contribution in [3.05, 3.63) is 29.8 Å². The zero-order chi connectivity index (χ0) is 16.8. The van der Waals surface area contributed by atoms with Gasteiger partial charge in [0.05, 0.1) is 17.9 Å². The zero-order valence-corrected chi connectivity index (χ0v) is 13.4. The Morgan fingerprint density at radius 3 is 2.70 bits per heavy atom. The molecule has 2 bridgehead atoms. The van der Waals surface area contributed by atoms with Gasteiger partial charge in [-0.2, -0.15) is 17.5 Å². The van der Waals surface area contributed by atoms with Crippen LogP contribution in [0, 0.1) is 5.92 Å². The smallest absolute Gasteiger partial charge is 0.416 e. The van der Waals surface area contributed by atoms with Gasteiger partial charge in [-0.25, -0.2) is 8.42 Å². The van der Waals surface area contributed by atoms with Gasteiger partial charge in [-0.05, 0) is 43.4 Å². The van der Waals surface area contributed by atoms with E-state index in [9.17, 15) is 21.6 Å². The Kier molecular flexibility index (Phi) is 4.08. The van der Waals surface area contributed by atoms with E-state index in [1.54, 1.807) is 0 Å². The zero-order valence-electron chi connectivity index (χ0n) is 12.6. The SMILES string of the molecule is CS(=O)(=O)N1C2CCC(C2)[C@@H]1COc1cccc(C(F)(F)F)c1. The molecule has 1 aliphatic heterocycles. The first-order valence-electron chi connectivity index (χ1n) is 7.45. The van der Waals surface area contributed by atoms with E-state index < -0.39 is 21.8 Å². The topological polar surface area (TPSA) is 46.6 Å². The number of sulfonamides is 1. The van der Waals surface area contributed by atoms with Gasteiger partial charge in [0.2, 0.25) is 10.0 Å². The highest BCUT2D eigenvalue weighted by molar-refractivity contribution is 7.88. The number of halogens is 3. The molecule has 23 heavy (non-hydrogen) atoms. The predicted octanol–water partition coefficient (Wildman–Crippen LogP) is 2.90. The maximum atomic E-state index is 12.7. The molecule has 0 radical (unpaired) electrons. The number of ether oxygens (including phenoxy) is 1. The van der Waals surface area contributed by atoms with E-state index >= 15 is 0 Å². The summed E-state index contributed by atoms with van der Waals surface area (Å²) in [5.41, 5.74) is -0.775. The van der Waals surface area contributed by atoms with Gasteiger partial charge >= 0.3 is 6.18 Å². The van der Waals surface area contributed by atoms with Crippen LogP contribution in [0.15, 0.2) is 24.3 Å². The van der Waals surface area contributed by atoms with E-state index in [-0.39, 0.29) is 30.4 Å². The fraction of sp³-hybridized carbons (Fsp3) is 0.600. The summed E-state index contributed by atoms with van der Waals surface area (Å²) < 4.78 is 69.0. The normalized spacial score (nSPS) is 28.3. The highest BCUT2D eigenvalue weighted by Gasteiger charge is 2.50. The van der Waals surface area contributed by atoms with E-state index in [0.717, 1.165) is 31.4 Å². The van der Waals surface area contributed by atoms with Gasteiger partial charge in [0.15, 0.2) is 0 Å². The minimum absolute atomic E-state index is 0.00473. The summed E-state index contributed by atoms with van der Waals surface area (Å²) in [7, 11) is -3.35. The Hall–Kier alpha value is -1.28. The second-order valence-electron chi connectivity index (χ2n) is 6.22. The van der Waals surface area contributed by atoms with Crippen molar-refractivity contribution in [2.45, 2.75) is 37.5 Å². The second-order valence-corrected chi connectivity index (χ2v) is 8.11. The number of piperidine rings is 1. The van der Waals surface area contributed by atoms with Gasteiger partial charge in [-0.3, -0.25) is 0 Å². The van der Waals surface area contributed by atoms with Crippen LogP contribution in [0.2, 0.25) is 0 Å². The second kappa shape index (κ2) is 5.66. The lowest BCUT2D eigenvalue weighted by molar-refractivity contribution is -0.137. The summed E-state index contributed by atoms with van der Waals surface area (Å²) in [6.07, 6.45) is -0.662. The lowest BCUT2D eigenvalue weighted by Gasteiger charge is -2.33. The highest BCUT2D eigenvalue weighted by atomic mass is 32.2. The molecule has 0 aromatic heterocycles. The van der Waals surface area contributed by atoms with Crippen LogP contribution < -0.4 is 4.74 Å². The average Bonchev–Trinajstić information content (AvgIpc) is 3.04. The van der Waals surface area contributed by atoms with Crippen molar-refractivity contribution in [3.63, 3.8) is 0 Å². The van der Waals surface area contributed by atoms with E-state index in [4.69, 9.17) is 4.74 Å². The molecule has 8 heteroatoms. The molecule has 3 rings (SSSR count). The third kappa shape index (κ3) is 3.33. The van der Waals surface area contributed by atoms with E-state index in [0.29, 0.717) is 0 Å². The first kappa shape index (κ1) is 16.6. The summed E-state index contributed by atoms with van der Waals surface area (Å²) in [4.78, 5) is 0. The Bertz CT molecular complexity index is 689. The molecule has 0 amide bonds. The minimum atomic E-state index is -4.43. The minimum Gasteiger partial charge on any atom is -0.492 e. The number of fused-ring (bicyclic) bond motifs is 2.